The molecule has 1 unspecified atom stereocenters. The Balaban J connectivity index is 1.89. The molecule has 0 saturated carbocycles. The number of carbonyl (C=O) groups is 1. The van der Waals surface area contributed by atoms with E-state index in [0.29, 0.717) is 19.2 Å². The Kier molecular flexibility index (Phi) is 4.11. The van der Waals surface area contributed by atoms with Gasteiger partial charge < -0.3 is 9.84 Å². The molecule has 0 aliphatic carbocycles. The minimum Gasteiger partial charge on any atom is -0.479 e. The van der Waals surface area contributed by atoms with E-state index >= 15 is 0 Å². The summed E-state index contributed by atoms with van der Waals surface area (Å²) < 4.78 is 44.1. The molecule has 1 N–H and O–H groups in total. The number of carboxylic acid groups (broad SMARTS) is 1. The van der Waals surface area contributed by atoms with Crippen molar-refractivity contribution in [2.45, 2.75) is 24.9 Å². The SMILES string of the molecule is O=C(O)C1(OCCCn2cncn2)C=NN(C(F)(F)F)C1. The second-order valence-corrected chi connectivity index (χ2v) is 4.33. The molecule has 0 aromatic carbocycles. The zero-order chi connectivity index (χ0) is 15.5. The Labute approximate surface area is 116 Å². The zero-order valence-corrected chi connectivity index (χ0v) is 10.7. The van der Waals surface area contributed by atoms with Gasteiger partial charge in [-0.2, -0.15) is 10.2 Å². The van der Waals surface area contributed by atoms with E-state index in [4.69, 9.17) is 9.84 Å². The molecule has 0 spiro atoms. The van der Waals surface area contributed by atoms with Crippen molar-refractivity contribution >= 4 is 12.2 Å². The maximum absolute atomic E-state index is 12.5. The molecule has 2 rings (SSSR count). The highest BCUT2D eigenvalue weighted by Gasteiger charge is 2.51. The van der Waals surface area contributed by atoms with Crippen LogP contribution in [-0.2, 0) is 16.1 Å². The Hall–Kier alpha value is -2.17. The first-order chi connectivity index (χ1) is 9.83. The lowest BCUT2D eigenvalue weighted by molar-refractivity contribution is -0.250. The Bertz CT molecular complexity index is 519. The largest absolute Gasteiger partial charge is 0.500 e. The van der Waals surface area contributed by atoms with E-state index in [0.717, 1.165) is 0 Å². The van der Waals surface area contributed by atoms with Crippen LogP contribution in [0, 0.1) is 0 Å². The van der Waals surface area contributed by atoms with Crippen LogP contribution < -0.4 is 0 Å². The smallest absolute Gasteiger partial charge is 0.479 e. The Morgan fingerprint density at radius 2 is 2.24 bits per heavy atom. The van der Waals surface area contributed by atoms with Gasteiger partial charge in [0.15, 0.2) is 0 Å². The maximum atomic E-state index is 12.5. The number of aryl methyl sites for hydroxylation is 1. The zero-order valence-electron chi connectivity index (χ0n) is 10.7. The summed E-state index contributed by atoms with van der Waals surface area (Å²) in [6.45, 7) is -0.547. The van der Waals surface area contributed by atoms with Gasteiger partial charge in [-0.15, -0.1) is 13.2 Å². The number of nitrogens with zero attached hydrogens (tertiary/aromatic N) is 5. The van der Waals surface area contributed by atoms with E-state index in [1.54, 1.807) is 0 Å². The first-order valence-electron chi connectivity index (χ1n) is 5.93. The molecule has 0 bridgehead atoms. The summed E-state index contributed by atoms with van der Waals surface area (Å²) in [5, 5.41) is 15.7. The minimum absolute atomic E-state index is 0.0517. The van der Waals surface area contributed by atoms with Crippen LogP contribution in [0.5, 0.6) is 0 Å². The molecule has 0 amide bonds. The fourth-order valence-corrected chi connectivity index (χ4v) is 1.72. The number of hydrazone groups is 1. The lowest BCUT2D eigenvalue weighted by atomic mass is 10.1. The van der Waals surface area contributed by atoms with Gasteiger partial charge in [0.2, 0.25) is 5.60 Å². The quantitative estimate of drug-likeness (QED) is 0.601. The van der Waals surface area contributed by atoms with Crippen LogP contribution >= 0.6 is 0 Å². The topological polar surface area (TPSA) is 92.8 Å². The highest BCUT2D eigenvalue weighted by Crippen LogP contribution is 2.29. The highest BCUT2D eigenvalue weighted by atomic mass is 19.4. The molecule has 0 radical (unpaired) electrons. The first kappa shape index (κ1) is 15.2. The molecular formula is C10H12F3N5O3. The van der Waals surface area contributed by atoms with Crippen molar-refractivity contribution in [3.8, 4) is 0 Å². The molecule has 11 heteroatoms. The van der Waals surface area contributed by atoms with Crippen molar-refractivity contribution in [1.29, 1.82) is 0 Å². The van der Waals surface area contributed by atoms with Gasteiger partial charge in [-0.05, 0) is 6.42 Å². The number of halogens is 3. The van der Waals surface area contributed by atoms with Gasteiger partial charge in [0, 0.05) is 6.54 Å². The number of alkyl halides is 3. The number of aromatic nitrogens is 3. The Morgan fingerprint density at radius 3 is 2.76 bits per heavy atom. The number of hydrogen-bond acceptors (Lipinski definition) is 6. The monoisotopic (exact) mass is 307 g/mol. The standard InChI is InChI=1S/C10H12F3N5O3/c11-10(12,13)18-5-9(4-15-18,8(19)20)21-3-1-2-17-7-14-6-16-17/h4,6-7H,1-3,5H2,(H,19,20). The fraction of sp³-hybridized carbons (Fsp3) is 0.600. The lowest BCUT2D eigenvalue weighted by Crippen LogP contribution is -2.49. The summed E-state index contributed by atoms with van der Waals surface area (Å²) in [5.74, 6) is -1.52. The van der Waals surface area contributed by atoms with Gasteiger partial charge in [0.1, 0.15) is 12.7 Å². The summed E-state index contributed by atoms with van der Waals surface area (Å²) in [7, 11) is 0. The van der Waals surface area contributed by atoms with Crippen LogP contribution in [0.2, 0.25) is 0 Å². The van der Waals surface area contributed by atoms with Crippen LogP contribution in [-0.4, -0.2) is 62.1 Å². The molecule has 116 valence electrons. The highest BCUT2D eigenvalue weighted by molar-refractivity contribution is 5.99. The molecule has 1 aromatic rings. The van der Waals surface area contributed by atoms with Crippen molar-refractivity contribution in [2.24, 2.45) is 5.10 Å². The van der Waals surface area contributed by atoms with Gasteiger partial charge in [-0.3, -0.25) is 4.68 Å². The average molecular weight is 307 g/mol. The summed E-state index contributed by atoms with van der Waals surface area (Å²) in [6, 6.07) is 0. The number of carboxylic acids is 1. The molecule has 1 aliphatic rings. The molecule has 1 aromatic heterocycles. The van der Waals surface area contributed by atoms with E-state index in [2.05, 4.69) is 15.2 Å². The summed E-state index contributed by atoms with van der Waals surface area (Å²) in [4.78, 5) is 14.9. The molecule has 2 heterocycles. The van der Waals surface area contributed by atoms with Crippen LogP contribution in [0.4, 0.5) is 13.2 Å². The molecule has 8 nitrogen and oxygen atoms in total. The van der Waals surface area contributed by atoms with E-state index in [1.807, 2.05) is 0 Å². The minimum atomic E-state index is -4.74. The number of aliphatic carboxylic acids is 1. The van der Waals surface area contributed by atoms with Crippen molar-refractivity contribution in [3.63, 3.8) is 0 Å². The van der Waals surface area contributed by atoms with Crippen LogP contribution in [0.25, 0.3) is 0 Å². The van der Waals surface area contributed by atoms with Crippen molar-refractivity contribution in [1.82, 2.24) is 19.8 Å². The Morgan fingerprint density at radius 1 is 1.48 bits per heavy atom. The molecule has 21 heavy (non-hydrogen) atoms. The predicted molar refractivity (Wildman–Crippen MR) is 62.2 cm³/mol. The average Bonchev–Trinajstić information content (AvgIpc) is 3.04. The van der Waals surface area contributed by atoms with Gasteiger partial charge in [-0.1, -0.05) is 0 Å². The van der Waals surface area contributed by atoms with Crippen molar-refractivity contribution in [3.05, 3.63) is 12.7 Å². The molecule has 1 aliphatic heterocycles. The molecule has 0 fully saturated rings. The van der Waals surface area contributed by atoms with Gasteiger partial charge in [0.05, 0.1) is 19.4 Å². The van der Waals surface area contributed by atoms with E-state index in [1.165, 1.54) is 17.3 Å². The van der Waals surface area contributed by atoms with E-state index in [-0.39, 0.29) is 11.6 Å². The van der Waals surface area contributed by atoms with Crippen LogP contribution in [0.3, 0.4) is 0 Å². The number of rotatable bonds is 6. The third kappa shape index (κ3) is 3.48. The first-order valence-corrected chi connectivity index (χ1v) is 5.93. The summed E-state index contributed by atoms with van der Waals surface area (Å²) in [5.41, 5.74) is -2.09. The lowest BCUT2D eigenvalue weighted by Gasteiger charge is -2.24. The van der Waals surface area contributed by atoms with Crippen LogP contribution in [0.15, 0.2) is 17.8 Å². The predicted octanol–water partition coefficient (Wildman–Crippen LogP) is 0.329. The van der Waals surface area contributed by atoms with Crippen LogP contribution in [0.1, 0.15) is 6.42 Å². The van der Waals surface area contributed by atoms with Gasteiger partial charge >= 0.3 is 12.3 Å². The van der Waals surface area contributed by atoms with E-state index < -0.39 is 24.4 Å². The summed E-state index contributed by atoms with van der Waals surface area (Å²) in [6.07, 6.45) is -0.895. The van der Waals surface area contributed by atoms with Crippen molar-refractivity contribution < 1.29 is 27.8 Å². The number of hydrogen-bond donors (Lipinski definition) is 1. The fourth-order valence-electron chi connectivity index (χ4n) is 1.72. The maximum Gasteiger partial charge on any atom is 0.500 e. The third-order valence-electron chi connectivity index (χ3n) is 2.80. The molecule has 1 atom stereocenters. The second-order valence-electron chi connectivity index (χ2n) is 4.33. The second kappa shape index (κ2) is 5.68. The third-order valence-corrected chi connectivity index (χ3v) is 2.80. The number of ether oxygens (including phenoxy) is 1. The molecule has 0 saturated heterocycles. The molecular weight excluding hydrogens is 295 g/mol. The normalized spacial score (nSPS) is 22.0. The summed E-state index contributed by atoms with van der Waals surface area (Å²) >= 11 is 0. The van der Waals surface area contributed by atoms with Crippen molar-refractivity contribution in [2.75, 3.05) is 13.2 Å². The van der Waals surface area contributed by atoms with E-state index in [9.17, 15) is 18.0 Å². The van der Waals surface area contributed by atoms with Gasteiger partial charge in [-0.25, -0.2) is 14.8 Å². The van der Waals surface area contributed by atoms with Gasteiger partial charge in [0.25, 0.3) is 0 Å².